The smallest absolute Gasteiger partial charge is 0.182 e. The summed E-state index contributed by atoms with van der Waals surface area (Å²) < 4.78 is 21.9. The van der Waals surface area contributed by atoms with Gasteiger partial charge in [0.25, 0.3) is 0 Å². The highest BCUT2D eigenvalue weighted by molar-refractivity contribution is 7.90. The highest BCUT2D eigenvalue weighted by Crippen LogP contribution is 2.13. The monoisotopic (exact) mass is 241 g/mol. The molecule has 0 aromatic carbocycles. The van der Waals surface area contributed by atoms with Crippen molar-refractivity contribution in [3.63, 3.8) is 0 Å². The molecule has 0 bridgehead atoms. The van der Waals surface area contributed by atoms with Crippen molar-refractivity contribution in [2.75, 3.05) is 23.9 Å². The van der Waals surface area contributed by atoms with Crippen LogP contribution >= 0.6 is 0 Å². The predicted molar refractivity (Wildman–Crippen MR) is 59.9 cm³/mol. The predicted octanol–water partition coefficient (Wildman–Crippen LogP) is -0.191. The molecule has 0 aliphatic carbocycles. The van der Waals surface area contributed by atoms with E-state index in [1.54, 1.807) is 0 Å². The lowest BCUT2D eigenvalue weighted by atomic mass is 10.5. The van der Waals surface area contributed by atoms with Gasteiger partial charge in [0.2, 0.25) is 0 Å². The average Bonchev–Trinajstić information content (AvgIpc) is 2.64. The van der Waals surface area contributed by atoms with E-state index in [1.807, 2.05) is 0 Å². The third-order valence-electron chi connectivity index (χ3n) is 1.99. The summed E-state index contributed by atoms with van der Waals surface area (Å²) in [7, 11) is -2.97. The normalized spacial score (nSPS) is 11.8. The molecule has 0 fully saturated rings. The average molecular weight is 241 g/mol. The van der Waals surface area contributed by atoms with Crippen LogP contribution in [0, 0.1) is 0 Å². The summed E-state index contributed by atoms with van der Waals surface area (Å²) in [5.41, 5.74) is 1.23. The number of rotatable bonds is 4. The maximum Gasteiger partial charge on any atom is 0.182 e. The zero-order valence-corrected chi connectivity index (χ0v) is 9.45. The molecule has 16 heavy (non-hydrogen) atoms. The molecule has 0 atom stereocenters. The fraction of sp³-hybridized carbons (Fsp3) is 0.375. The van der Waals surface area contributed by atoms with Gasteiger partial charge in [0.05, 0.1) is 12.1 Å². The van der Waals surface area contributed by atoms with Crippen LogP contribution in [0.4, 0.5) is 5.82 Å². The molecule has 2 rings (SSSR count). The summed E-state index contributed by atoms with van der Waals surface area (Å²) in [5, 5.41) is 2.93. The van der Waals surface area contributed by atoms with Crippen molar-refractivity contribution < 1.29 is 8.42 Å². The second-order valence-corrected chi connectivity index (χ2v) is 5.64. The Hall–Kier alpha value is -1.70. The Labute approximate surface area is 92.3 Å². The van der Waals surface area contributed by atoms with Crippen molar-refractivity contribution in [2.24, 2.45) is 0 Å². The van der Waals surface area contributed by atoms with Gasteiger partial charge < -0.3 is 10.3 Å². The molecule has 0 aliphatic rings. The van der Waals surface area contributed by atoms with Crippen molar-refractivity contribution >= 4 is 26.8 Å². The molecule has 7 nitrogen and oxygen atoms in total. The van der Waals surface area contributed by atoms with Gasteiger partial charge in [0.15, 0.2) is 11.5 Å². The second-order valence-electron chi connectivity index (χ2n) is 3.38. The van der Waals surface area contributed by atoms with Gasteiger partial charge in [-0.3, -0.25) is 0 Å². The van der Waals surface area contributed by atoms with Gasteiger partial charge in [-0.1, -0.05) is 0 Å². The van der Waals surface area contributed by atoms with E-state index in [4.69, 9.17) is 0 Å². The van der Waals surface area contributed by atoms with E-state index in [1.165, 1.54) is 18.9 Å². The Morgan fingerprint density at radius 3 is 2.94 bits per heavy atom. The molecule has 0 spiro atoms. The number of aromatic amines is 1. The van der Waals surface area contributed by atoms with Gasteiger partial charge in [-0.2, -0.15) is 0 Å². The lowest BCUT2D eigenvalue weighted by Gasteiger charge is -2.04. The summed E-state index contributed by atoms with van der Waals surface area (Å²) in [6.07, 6.45) is 4.09. The van der Waals surface area contributed by atoms with Gasteiger partial charge in [0.1, 0.15) is 21.7 Å². The van der Waals surface area contributed by atoms with Crippen molar-refractivity contribution in [2.45, 2.75) is 0 Å². The topological polar surface area (TPSA) is 101 Å². The number of H-pyrrole nitrogens is 1. The molecule has 2 N–H and O–H groups in total. The minimum absolute atomic E-state index is 0.0621. The van der Waals surface area contributed by atoms with Crippen LogP contribution in [-0.2, 0) is 9.84 Å². The Morgan fingerprint density at radius 1 is 1.38 bits per heavy atom. The van der Waals surface area contributed by atoms with Crippen LogP contribution in [-0.4, -0.2) is 46.9 Å². The number of fused-ring (bicyclic) bond motifs is 1. The molecule has 2 aromatic rings. The van der Waals surface area contributed by atoms with Crippen LogP contribution in [0.15, 0.2) is 12.7 Å². The first kappa shape index (κ1) is 10.8. The molecule has 0 saturated carbocycles. The largest absolute Gasteiger partial charge is 0.367 e. The van der Waals surface area contributed by atoms with Crippen molar-refractivity contribution in [3.05, 3.63) is 12.7 Å². The molecule has 0 saturated heterocycles. The van der Waals surface area contributed by atoms with Gasteiger partial charge >= 0.3 is 0 Å². The highest BCUT2D eigenvalue weighted by Gasteiger charge is 2.06. The molecule has 2 aromatic heterocycles. The summed E-state index contributed by atoms with van der Waals surface area (Å²) in [6, 6.07) is 0. The number of nitrogens with zero attached hydrogens (tertiary/aromatic N) is 3. The quantitative estimate of drug-likeness (QED) is 0.769. The van der Waals surface area contributed by atoms with Crippen LogP contribution in [0.5, 0.6) is 0 Å². The Balaban J connectivity index is 2.12. The molecular weight excluding hydrogens is 230 g/mol. The van der Waals surface area contributed by atoms with E-state index in [0.717, 1.165) is 0 Å². The molecule has 8 heteroatoms. The number of nitrogens with one attached hydrogen (secondary N) is 2. The summed E-state index contributed by atoms with van der Waals surface area (Å²) in [4.78, 5) is 14.8. The Bertz CT molecular complexity index is 591. The van der Waals surface area contributed by atoms with E-state index in [-0.39, 0.29) is 5.75 Å². The maximum absolute atomic E-state index is 10.9. The highest BCUT2D eigenvalue weighted by atomic mass is 32.2. The third-order valence-corrected chi connectivity index (χ3v) is 2.93. The summed E-state index contributed by atoms with van der Waals surface area (Å²) >= 11 is 0. The van der Waals surface area contributed by atoms with Crippen LogP contribution in [0.2, 0.25) is 0 Å². The fourth-order valence-electron chi connectivity index (χ4n) is 1.25. The number of aromatic nitrogens is 4. The van der Waals surface area contributed by atoms with Gasteiger partial charge in [-0.25, -0.2) is 23.4 Å². The molecular formula is C8H11N5O2S. The van der Waals surface area contributed by atoms with Crippen molar-refractivity contribution in [1.29, 1.82) is 0 Å². The van der Waals surface area contributed by atoms with E-state index in [0.29, 0.717) is 23.5 Å². The summed E-state index contributed by atoms with van der Waals surface area (Å²) in [6.45, 7) is 0.309. The van der Waals surface area contributed by atoms with E-state index in [2.05, 4.69) is 25.3 Å². The Morgan fingerprint density at radius 2 is 2.19 bits per heavy atom. The van der Waals surface area contributed by atoms with Crippen LogP contribution < -0.4 is 5.32 Å². The zero-order valence-electron chi connectivity index (χ0n) is 8.64. The number of hydrogen-bond acceptors (Lipinski definition) is 6. The first-order valence-corrected chi connectivity index (χ1v) is 6.68. The van der Waals surface area contributed by atoms with Crippen LogP contribution in [0.1, 0.15) is 0 Å². The molecule has 0 radical (unpaired) electrons. The number of sulfone groups is 1. The molecule has 0 unspecified atom stereocenters. The second kappa shape index (κ2) is 4.05. The van der Waals surface area contributed by atoms with Gasteiger partial charge in [-0.05, 0) is 0 Å². The lowest BCUT2D eigenvalue weighted by Crippen LogP contribution is -2.15. The van der Waals surface area contributed by atoms with E-state index in [9.17, 15) is 8.42 Å². The lowest BCUT2D eigenvalue weighted by molar-refractivity contribution is 0.602. The number of hydrogen-bond donors (Lipinski definition) is 2. The SMILES string of the molecule is CS(=O)(=O)CCNc1ncnc2nc[nH]c12. The molecule has 0 amide bonds. The Kier molecular flexibility index (Phi) is 2.73. The number of anilines is 1. The zero-order chi connectivity index (χ0) is 11.6. The van der Waals surface area contributed by atoms with Gasteiger partial charge in [-0.15, -0.1) is 0 Å². The van der Waals surface area contributed by atoms with Crippen LogP contribution in [0.3, 0.4) is 0 Å². The minimum Gasteiger partial charge on any atom is -0.367 e. The molecule has 2 heterocycles. The summed E-state index contributed by atoms with van der Waals surface area (Å²) in [5.74, 6) is 0.623. The minimum atomic E-state index is -2.97. The molecule has 0 aliphatic heterocycles. The van der Waals surface area contributed by atoms with Crippen molar-refractivity contribution in [1.82, 2.24) is 19.9 Å². The van der Waals surface area contributed by atoms with Gasteiger partial charge in [0, 0.05) is 12.8 Å². The van der Waals surface area contributed by atoms with E-state index < -0.39 is 9.84 Å². The van der Waals surface area contributed by atoms with E-state index >= 15 is 0 Å². The maximum atomic E-state index is 10.9. The van der Waals surface area contributed by atoms with Crippen molar-refractivity contribution in [3.8, 4) is 0 Å². The number of imidazole rings is 1. The standard InChI is InChI=1S/C8H11N5O2S/c1-16(14,15)3-2-9-7-6-8(11-4-10-6)13-5-12-7/h4-5H,2-3H2,1H3,(H2,9,10,11,12,13). The fourth-order valence-corrected chi connectivity index (χ4v) is 1.73. The first-order valence-electron chi connectivity index (χ1n) is 4.62. The van der Waals surface area contributed by atoms with Crippen LogP contribution in [0.25, 0.3) is 11.2 Å². The first-order chi connectivity index (χ1) is 7.56. The third kappa shape index (κ3) is 2.45. The molecule has 86 valence electrons.